The molecule has 16 heavy (non-hydrogen) atoms. The fourth-order valence-electron chi connectivity index (χ4n) is 3.12. The quantitative estimate of drug-likeness (QED) is 0.659. The van der Waals surface area contributed by atoms with Crippen molar-refractivity contribution in [1.29, 1.82) is 0 Å². The molecule has 3 atom stereocenters. The summed E-state index contributed by atoms with van der Waals surface area (Å²) in [4.78, 5) is 2.63. The van der Waals surface area contributed by atoms with Gasteiger partial charge >= 0.3 is 0 Å². The van der Waals surface area contributed by atoms with Crippen molar-refractivity contribution in [3.05, 3.63) is 0 Å². The summed E-state index contributed by atoms with van der Waals surface area (Å²) < 4.78 is 0. The molecule has 0 N–H and O–H groups in total. The molecule has 1 aliphatic carbocycles. The first-order valence-corrected chi connectivity index (χ1v) is 8.07. The predicted octanol–water partition coefficient (Wildman–Crippen LogP) is 4.31. The Labute approximate surface area is 110 Å². The van der Waals surface area contributed by atoms with Crippen LogP contribution in [0.25, 0.3) is 0 Å². The van der Waals surface area contributed by atoms with Crippen LogP contribution in [0.1, 0.15) is 52.4 Å². The molecule has 1 fully saturated rings. The second-order valence-corrected chi connectivity index (χ2v) is 6.23. The molecule has 0 aromatic carbocycles. The van der Waals surface area contributed by atoms with E-state index in [0.717, 1.165) is 23.2 Å². The Bertz CT molecular complexity index is 184. The summed E-state index contributed by atoms with van der Waals surface area (Å²) in [5.74, 6) is 1.74. The third kappa shape index (κ3) is 4.37. The lowest BCUT2D eigenvalue weighted by molar-refractivity contribution is 0.123. The van der Waals surface area contributed by atoms with Crippen molar-refractivity contribution in [1.82, 2.24) is 4.90 Å². The van der Waals surface area contributed by atoms with Crippen LogP contribution in [0, 0.1) is 11.8 Å². The highest BCUT2D eigenvalue weighted by Crippen LogP contribution is 2.28. The Kier molecular flexibility index (Phi) is 6.98. The lowest BCUT2D eigenvalue weighted by atomic mass is 9.84. The molecule has 0 aromatic heterocycles. The Morgan fingerprint density at radius 1 is 1.31 bits per heavy atom. The van der Waals surface area contributed by atoms with Gasteiger partial charge in [0, 0.05) is 17.9 Å². The monoisotopic (exact) mass is 289 g/mol. The smallest absolute Gasteiger partial charge is 0.0118 e. The zero-order valence-electron chi connectivity index (χ0n) is 11.2. The molecule has 0 aromatic rings. The van der Waals surface area contributed by atoms with Crippen LogP contribution in [0.15, 0.2) is 0 Å². The highest BCUT2D eigenvalue weighted by atomic mass is 79.9. The number of hydrogen-bond acceptors (Lipinski definition) is 1. The van der Waals surface area contributed by atoms with Crippen molar-refractivity contribution in [2.24, 2.45) is 11.8 Å². The van der Waals surface area contributed by atoms with Gasteiger partial charge in [-0.25, -0.2) is 0 Å². The lowest BCUT2D eigenvalue weighted by Crippen LogP contribution is -2.41. The molecule has 2 heteroatoms. The van der Waals surface area contributed by atoms with Gasteiger partial charge in [-0.15, -0.1) is 0 Å². The molecule has 0 saturated heterocycles. The van der Waals surface area contributed by atoms with E-state index in [0.29, 0.717) is 0 Å². The van der Waals surface area contributed by atoms with Crippen molar-refractivity contribution in [3.8, 4) is 0 Å². The fraction of sp³-hybridized carbons (Fsp3) is 1.00. The van der Waals surface area contributed by atoms with E-state index in [9.17, 15) is 0 Å². The van der Waals surface area contributed by atoms with Crippen LogP contribution < -0.4 is 0 Å². The third-order valence-electron chi connectivity index (χ3n) is 4.09. The zero-order chi connectivity index (χ0) is 12.0. The predicted molar refractivity (Wildman–Crippen MR) is 76.2 cm³/mol. The standard InChI is InChI=1S/C14H28BrN/c1-4-7-13(10-15)11-16(3)14-9-6-5-8-12(14)2/h12-14H,4-11H2,1-3H3. The fourth-order valence-corrected chi connectivity index (χ4v) is 3.65. The van der Waals surface area contributed by atoms with Crippen LogP contribution in [0.5, 0.6) is 0 Å². The second-order valence-electron chi connectivity index (χ2n) is 5.58. The van der Waals surface area contributed by atoms with Gasteiger partial charge in [-0.05, 0) is 38.1 Å². The van der Waals surface area contributed by atoms with Crippen LogP contribution in [0.3, 0.4) is 0 Å². The van der Waals surface area contributed by atoms with Gasteiger partial charge in [0.15, 0.2) is 0 Å². The summed E-state index contributed by atoms with van der Waals surface area (Å²) >= 11 is 3.66. The van der Waals surface area contributed by atoms with Gasteiger partial charge < -0.3 is 4.90 Å². The molecule has 0 spiro atoms. The number of nitrogens with zero attached hydrogens (tertiary/aromatic N) is 1. The van der Waals surface area contributed by atoms with E-state index in [-0.39, 0.29) is 0 Å². The minimum Gasteiger partial charge on any atom is -0.303 e. The van der Waals surface area contributed by atoms with E-state index in [2.05, 4.69) is 41.7 Å². The molecule has 96 valence electrons. The van der Waals surface area contributed by atoms with Gasteiger partial charge in [0.25, 0.3) is 0 Å². The first kappa shape index (κ1) is 14.5. The van der Waals surface area contributed by atoms with E-state index < -0.39 is 0 Å². The number of halogens is 1. The van der Waals surface area contributed by atoms with E-state index in [4.69, 9.17) is 0 Å². The van der Waals surface area contributed by atoms with Gasteiger partial charge in [-0.1, -0.05) is 49.0 Å². The highest BCUT2D eigenvalue weighted by molar-refractivity contribution is 9.09. The number of alkyl halides is 1. The van der Waals surface area contributed by atoms with E-state index in [1.54, 1.807) is 0 Å². The van der Waals surface area contributed by atoms with Crippen LogP contribution in [0.2, 0.25) is 0 Å². The average molecular weight is 290 g/mol. The Morgan fingerprint density at radius 3 is 2.56 bits per heavy atom. The van der Waals surface area contributed by atoms with Gasteiger partial charge in [-0.2, -0.15) is 0 Å². The average Bonchev–Trinajstić information content (AvgIpc) is 2.28. The third-order valence-corrected chi connectivity index (χ3v) is 5.01. The molecule has 1 nitrogen and oxygen atoms in total. The maximum atomic E-state index is 3.66. The van der Waals surface area contributed by atoms with Gasteiger partial charge in [0.1, 0.15) is 0 Å². The van der Waals surface area contributed by atoms with Crippen molar-refractivity contribution >= 4 is 15.9 Å². The first-order valence-electron chi connectivity index (χ1n) is 6.95. The second kappa shape index (κ2) is 7.71. The summed E-state index contributed by atoms with van der Waals surface area (Å²) in [5, 5.41) is 1.16. The summed E-state index contributed by atoms with van der Waals surface area (Å²) in [6, 6.07) is 0.840. The van der Waals surface area contributed by atoms with Crippen molar-refractivity contribution < 1.29 is 0 Å². The van der Waals surface area contributed by atoms with E-state index in [1.165, 1.54) is 45.1 Å². The zero-order valence-corrected chi connectivity index (χ0v) is 12.8. The first-order chi connectivity index (χ1) is 7.69. The number of rotatable bonds is 6. The highest BCUT2D eigenvalue weighted by Gasteiger charge is 2.25. The molecule has 0 radical (unpaired) electrons. The normalized spacial score (nSPS) is 28.3. The largest absolute Gasteiger partial charge is 0.303 e. The minimum absolute atomic E-state index is 0.837. The molecule has 1 aliphatic rings. The molecule has 0 amide bonds. The summed E-state index contributed by atoms with van der Waals surface area (Å²) in [5.41, 5.74) is 0. The maximum absolute atomic E-state index is 3.66. The molecule has 0 aliphatic heterocycles. The van der Waals surface area contributed by atoms with Crippen molar-refractivity contribution in [2.75, 3.05) is 18.9 Å². The maximum Gasteiger partial charge on any atom is 0.0118 e. The number of hydrogen-bond donors (Lipinski definition) is 0. The van der Waals surface area contributed by atoms with E-state index in [1.807, 2.05) is 0 Å². The SMILES string of the molecule is CCCC(CBr)CN(C)C1CCCCC1C. The van der Waals surface area contributed by atoms with Crippen molar-refractivity contribution in [3.63, 3.8) is 0 Å². The Hall–Kier alpha value is 0.440. The van der Waals surface area contributed by atoms with Gasteiger partial charge in [-0.3, -0.25) is 0 Å². The Balaban J connectivity index is 2.39. The molecule has 0 heterocycles. The van der Waals surface area contributed by atoms with Crippen LogP contribution in [-0.2, 0) is 0 Å². The van der Waals surface area contributed by atoms with Gasteiger partial charge in [0.05, 0.1) is 0 Å². The van der Waals surface area contributed by atoms with Crippen LogP contribution in [-0.4, -0.2) is 29.9 Å². The molecule has 0 bridgehead atoms. The lowest BCUT2D eigenvalue weighted by Gasteiger charge is -2.37. The molecule has 3 unspecified atom stereocenters. The van der Waals surface area contributed by atoms with Crippen LogP contribution >= 0.6 is 15.9 Å². The molecule has 1 saturated carbocycles. The topological polar surface area (TPSA) is 3.24 Å². The van der Waals surface area contributed by atoms with Crippen molar-refractivity contribution in [2.45, 2.75) is 58.4 Å². The summed E-state index contributed by atoms with van der Waals surface area (Å²) in [6.45, 7) is 6.00. The minimum atomic E-state index is 0.837. The molecule has 1 rings (SSSR count). The summed E-state index contributed by atoms with van der Waals surface area (Å²) in [6.07, 6.45) is 8.40. The van der Waals surface area contributed by atoms with E-state index >= 15 is 0 Å². The molecular formula is C14H28BrN. The van der Waals surface area contributed by atoms with Gasteiger partial charge in [0.2, 0.25) is 0 Å². The van der Waals surface area contributed by atoms with Crippen LogP contribution in [0.4, 0.5) is 0 Å². The molecular weight excluding hydrogens is 262 g/mol. The Morgan fingerprint density at radius 2 is 2.00 bits per heavy atom. The summed E-state index contributed by atoms with van der Waals surface area (Å²) in [7, 11) is 2.33.